The van der Waals surface area contributed by atoms with Gasteiger partial charge in [0.05, 0.1) is 24.4 Å². The standard InChI is InChI=1S/C22H45BrO6Si/c1-14(12-28-30(9,10)22(4,5)6)19(26-8)15(2)20-16(3)21(27-13-25-7)18(24)17(11-23)29-20/h14-21,24H,11-13H2,1-10H3/t14-,15+,16+,17-,18-,19+,20-,21-/m1/s1. The van der Waals surface area contributed by atoms with Crippen molar-refractivity contribution >= 4 is 24.2 Å². The summed E-state index contributed by atoms with van der Waals surface area (Å²) >= 11 is 3.47. The lowest BCUT2D eigenvalue weighted by Gasteiger charge is -2.47. The molecule has 0 amide bonds. The van der Waals surface area contributed by atoms with E-state index < -0.39 is 14.4 Å². The van der Waals surface area contributed by atoms with E-state index in [4.69, 9.17) is 23.4 Å². The van der Waals surface area contributed by atoms with Crippen LogP contribution in [-0.4, -0.2) is 76.9 Å². The zero-order chi connectivity index (χ0) is 23.3. The Hall–Kier alpha value is 0.457. The highest BCUT2D eigenvalue weighted by molar-refractivity contribution is 9.09. The van der Waals surface area contributed by atoms with E-state index in [9.17, 15) is 5.11 Å². The zero-order valence-corrected chi connectivity index (χ0v) is 23.2. The predicted octanol–water partition coefficient (Wildman–Crippen LogP) is 4.44. The third-order valence-electron chi connectivity index (χ3n) is 7.00. The van der Waals surface area contributed by atoms with Crippen LogP contribution in [0.2, 0.25) is 18.1 Å². The molecule has 0 aromatic rings. The third kappa shape index (κ3) is 6.98. The third-order valence-corrected chi connectivity index (χ3v) is 12.1. The SMILES string of the molecule is COCO[C@@H]1[C@@H](C)[C@@H]([C@@H](C)[C@@H](OC)[C@H](C)CO[Si](C)(C)C(C)(C)C)O[C@H](CBr)[C@H]1O. The van der Waals surface area contributed by atoms with Crippen LogP contribution in [0.5, 0.6) is 0 Å². The molecule has 1 aliphatic heterocycles. The normalized spacial score (nSPS) is 31.4. The Kier molecular flexibility index (Phi) is 11.5. The second-order valence-electron chi connectivity index (χ2n) is 10.3. The van der Waals surface area contributed by atoms with Crippen LogP contribution in [0, 0.1) is 17.8 Å². The van der Waals surface area contributed by atoms with Gasteiger partial charge in [-0.1, -0.05) is 57.5 Å². The van der Waals surface area contributed by atoms with Crippen LogP contribution in [0.15, 0.2) is 0 Å². The zero-order valence-electron chi connectivity index (χ0n) is 20.6. The van der Waals surface area contributed by atoms with Crippen molar-refractivity contribution in [1.82, 2.24) is 0 Å². The molecule has 6 nitrogen and oxygen atoms in total. The lowest BCUT2D eigenvalue weighted by atomic mass is 9.78. The summed E-state index contributed by atoms with van der Waals surface area (Å²) in [6.45, 7) is 18.5. The summed E-state index contributed by atoms with van der Waals surface area (Å²) in [4.78, 5) is 0. The molecule has 8 atom stereocenters. The average molecular weight is 514 g/mol. The molecule has 0 spiro atoms. The summed E-state index contributed by atoms with van der Waals surface area (Å²) < 4.78 is 29.7. The molecule has 1 N–H and O–H groups in total. The number of methoxy groups -OCH3 is 2. The Morgan fingerprint density at radius 1 is 1.17 bits per heavy atom. The van der Waals surface area contributed by atoms with Gasteiger partial charge in [-0.2, -0.15) is 0 Å². The van der Waals surface area contributed by atoms with E-state index in [0.29, 0.717) is 11.9 Å². The molecule has 0 radical (unpaired) electrons. The monoisotopic (exact) mass is 512 g/mol. The molecular weight excluding hydrogens is 468 g/mol. The maximum absolute atomic E-state index is 10.7. The van der Waals surface area contributed by atoms with Gasteiger partial charge in [0.2, 0.25) is 0 Å². The number of ether oxygens (including phenoxy) is 4. The topological polar surface area (TPSA) is 66.4 Å². The van der Waals surface area contributed by atoms with E-state index in [1.165, 1.54) is 0 Å². The highest BCUT2D eigenvalue weighted by atomic mass is 79.9. The summed E-state index contributed by atoms with van der Waals surface area (Å²) in [5.41, 5.74) is 0. The summed E-state index contributed by atoms with van der Waals surface area (Å²) in [7, 11) is 1.52. The fourth-order valence-electron chi connectivity index (χ4n) is 4.05. The molecule has 0 saturated carbocycles. The van der Waals surface area contributed by atoms with Crippen molar-refractivity contribution in [2.45, 2.75) is 90.2 Å². The van der Waals surface area contributed by atoms with E-state index in [-0.39, 0.29) is 54.0 Å². The first-order valence-electron chi connectivity index (χ1n) is 11.0. The van der Waals surface area contributed by atoms with E-state index in [1.54, 1.807) is 14.2 Å². The maximum atomic E-state index is 10.7. The molecule has 1 heterocycles. The second-order valence-corrected chi connectivity index (χ2v) is 15.7. The number of aliphatic hydroxyl groups excluding tert-OH is 1. The highest BCUT2D eigenvalue weighted by Crippen LogP contribution is 2.38. The Bertz CT molecular complexity index is 501. The smallest absolute Gasteiger partial charge is 0.191 e. The van der Waals surface area contributed by atoms with Crippen LogP contribution in [0.3, 0.4) is 0 Å². The molecule has 0 aromatic heterocycles. The Balaban J connectivity index is 2.93. The molecule has 30 heavy (non-hydrogen) atoms. The molecule has 1 rings (SSSR count). The van der Waals surface area contributed by atoms with Gasteiger partial charge in [0.15, 0.2) is 8.32 Å². The number of alkyl halides is 1. The molecule has 1 saturated heterocycles. The summed E-state index contributed by atoms with van der Waals surface area (Å²) in [5, 5.41) is 11.4. The minimum atomic E-state index is -1.83. The summed E-state index contributed by atoms with van der Waals surface area (Å²) in [6.07, 6.45) is -1.55. The lowest BCUT2D eigenvalue weighted by molar-refractivity contribution is -0.240. The van der Waals surface area contributed by atoms with Gasteiger partial charge in [0.25, 0.3) is 0 Å². The first-order chi connectivity index (χ1) is 13.8. The Morgan fingerprint density at radius 3 is 2.23 bits per heavy atom. The molecule has 0 unspecified atom stereocenters. The minimum absolute atomic E-state index is 0.00777. The van der Waals surface area contributed by atoms with Crippen molar-refractivity contribution < 1.29 is 28.5 Å². The van der Waals surface area contributed by atoms with Gasteiger partial charge in [0.1, 0.15) is 12.9 Å². The first-order valence-corrected chi connectivity index (χ1v) is 15.0. The van der Waals surface area contributed by atoms with E-state index in [0.717, 1.165) is 0 Å². The summed E-state index contributed by atoms with van der Waals surface area (Å²) in [5.74, 6) is 0.305. The largest absolute Gasteiger partial charge is 0.416 e. The number of rotatable bonds is 11. The van der Waals surface area contributed by atoms with Crippen molar-refractivity contribution in [2.24, 2.45) is 17.8 Å². The van der Waals surface area contributed by atoms with E-state index >= 15 is 0 Å². The van der Waals surface area contributed by atoms with Crippen LogP contribution in [-0.2, 0) is 23.4 Å². The minimum Gasteiger partial charge on any atom is -0.416 e. The van der Waals surface area contributed by atoms with Gasteiger partial charge in [-0.15, -0.1) is 0 Å². The predicted molar refractivity (Wildman–Crippen MR) is 127 cm³/mol. The van der Waals surface area contributed by atoms with E-state index in [2.05, 4.69) is 70.6 Å². The van der Waals surface area contributed by atoms with Crippen LogP contribution < -0.4 is 0 Å². The van der Waals surface area contributed by atoms with Crippen molar-refractivity contribution in [3.63, 3.8) is 0 Å². The number of halogens is 1. The number of hydrogen-bond donors (Lipinski definition) is 1. The van der Waals surface area contributed by atoms with Crippen LogP contribution in [0.4, 0.5) is 0 Å². The van der Waals surface area contributed by atoms with Gasteiger partial charge >= 0.3 is 0 Å². The van der Waals surface area contributed by atoms with Gasteiger partial charge < -0.3 is 28.5 Å². The molecule has 1 aliphatic rings. The first kappa shape index (κ1) is 28.5. The van der Waals surface area contributed by atoms with Gasteiger partial charge in [-0.05, 0) is 18.1 Å². The fourth-order valence-corrected chi connectivity index (χ4v) is 5.69. The molecule has 0 aliphatic carbocycles. The Labute approximate surface area is 193 Å². The van der Waals surface area contributed by atoms with Crippen LogP contribution in [0.25, 0.3) is 0 Å². The van der Waals surface area contributed by atoms with Crippen molar-refractivity contribution in [1.29, 1.82) is 0 Å². The molecule has 180 valence electrons. The fraction of sp³-hybridized carbons (Fsp3) is 1.00. The molecule has 0 aromatic carbocycles. The Morgan fingerprint density at radius 2 is 1.77 bits per heavy atom. The van der Waals surface area contributed by atoms with Gasteiger partial charge in [0, 0.05) is 43.9 Å². The lowest BCUT2D eigenvalue weighted by Crippen LogP contribution is -2.58. The molecule has 8 heteroatoms. The summed E-state index contributed by atoms with van der Waals surface area (Å²) in [6, 6.07) is 0. The number of hydrogen-bond acceptors (Lipinski definition) is 6. The average Bonchev–Trinajstić information content (AvgIpc) is 2.66. The van der Waals surface area contributed by atoms with Crippen LogP contribution in [0.1, 0.15) is 41.5 Å². The van der Waals surface area contributed by atoms with Crippen molar-refractivity contribution in [3.05, 3.63) is 0 Å². The quantitative estimate of drug-likeness (QED) is 0.250. The molecule has 0 bridgehead atoms. The molecule has 1 fully saturated rings. The maximum Gasteiger partial charge on any atom is 0.191 e. The number of aliphatic hydroxyl groups is 1. The highest BCUT2D eigenvalue weighted by Gasteiger charge is 2.47. The second kappa shape index (κ2) is 12.1. The molecular formula is C22H45BrO6Si. The van der Waals surface area contributed by atoms with Gasteiger partial charge in [-0.3, -0.25) is 0 Å². The van der Waals surface area contributed by atoms with Crippen molar-refractivity contribution in [3.8, 4) is 0 Å². The van der Waals surface area contributed by atoms with Gasteiger partial charge in [-0.25, -0.2) is 0 Å². The van der Waals surface area contributed by atoms with Crippen molar-refractivity contribution in [2.75, 3.05) is 32.9 Å². The van der Waals surface area contributed by atoms with Crippen LogP contribution >= 0.6 is 15.9 Å². The van der Waals surface area contributed by atoms with E-state index in [1.807, 2.05) is 0 Å².